The summed E-state index contributed by atoms with van der Waals surface area (Å²) in [4.78, 5) is 20.6. The van der Waals surface area contributed by atoms with E-state index in [0.717, 1.165) is 15.0 Å². The molecule has 1 amide bonds. The molecule has 0 aliphatic carbocycles. The lowest BCUT2D eigenvalue weighted by Crippen LogP contribution is -2.13. The average molecular weight is 360 g/mol. The Morgan fingerprint density at radius 1 is 1.14 bits per heavy atom. The molecule has 3 aromatic rings. The van der Waals surface area contributed by atoms with Crippen LogP contribution in [0, 0.1) is 0 Å². The summed E-state index contributed by atoms with van der Waals surface area (Å²) >= 11 is 4.74. The fraction of sp³-hybridized carbons (Fsp3) is 0. The molecule has 2 heterocycles. The van der Waals surface area contributed by atoms with Gasteiger partial charge in [-0.05, 0) is 28.1 Å². The zero-order valence-electron chi connectivity index (χ0n) is 10.8. The Kier molecular flexibility index (Phi) is 4.08. The molecule has 6 heteroatoms. The van der Waals surface area contributed by atoms with Crippen LogP contribution in [0.5, 0.6) is 0 Å². The van der Waals surface area contributed by atoms with Crippen molar-refractivity contribution in [1.29, 1.82) is 0 Å². The van der Waals surface area contributed by atoms with Crippen LogP contribution in [0.4, 0.5) is 5.82 Å². The van der Waals surface area contributed by atoms with Crippen LogP contribution < -0.4 is 5.32 Å². The van der Waals surface area contributed by atoms with Gasteiger partial charge in [0.25, 0.3) is 5.91 Å². The molecule has 0 aliphatic rings. The number of halogens is 1. The molecular weight excluding hydrogens is 350 g/mol. The summed E-state index contributed by atoms with van der Waals surface area (Å²) in [6, 6.07) is 13.3. The van der Waals surface area contributed by atoms with E-state index in [1.165, 1.54) is 11.3 Å². The second kappa shape index (κ2) is 6.15. The Bertz CT molecular complexity index is 756. The van der Waals surface area contributed by atoms with Crippen LogP contribution in [-0.4, -0.2) is 15.9 Å². The van der Waals surface area contributed by atoms with Crippen molar-refractivity contribution in [1.82, 2.24) is 9.97 Å². The molecule has 0 spiro atoms. The highest BCUT2D eigenvalue weighted by atomic mass is 79.9. The molecule has 1 aromatic carbocycles. The zero-order valence-corrected chi connectivity index (χ0v) is 13.2. The first-order valence-electron chi connectivity index (χ1n) is 6.16. The predicted molar refractivity (Wildman–Crippen MR) is 87.4 cm³/mol. The van der Waals surface area contributed by atoms with Crippen molar-refractivity contribution >= 4 is 39.0 Å². The van der Waals surface area contributed by atoms with E-state index in [1.807, 2.05) is 36.4 Å². The largest absolute Gasteiger partial charge is 0.305 e. The number of thiazole rings is 1. The third-order valence-electron chi connectivity index (χ3n) is 2.73. The summed E-state index contributed by atoms with van der Waals surface area (Å²) in [6.07, 6.45) is 1.63. The molecule has 0 unspecified atom stereocenters. The first kappa shape index (κ1) is 13.9. The molecule has 0 saturated heterocycles. The molecule has 2 aromatic heterocycles. The van der Waals surface area contributed by atoms with Gasteiger partial charge < -0.3 is 5.32 Å². The quantitative estimate of drug-likeness (QED) is 0.761. The Hall–Kier alpha value is -2.05. The molecule has 1 N–H and O–H groups in total. The van der Waals surface area contributed by atoms with Crippen molar-refractivity contribution in [2.24, 2.45) is 0 Å². The number of pyridine rings is 1. The Balaban J connectivity index is 1.77. The number of anilines is 1. The third-order valence-corrected chi connectivity index (χ3v) is 4.09. The van der Waals surface area contributed by atoms with E-state index in [4.69, 9.17) is 0 Å². The van der Waals surface area contributed by atoms with Crippen molar-refractivity contribution in [2.75, 3.05) is 5.32 Å². The molecule has 0 fully saturated rings. The zero-order chi connectivity index (χ0) is 14.7. The molecule has 21 heavy (non-hydrogen) atoms. The molecule has 0 saturated carbocycles. The number of hydrogen-bond donors (Lipinski definition) is 1. The topological polar surface area (TPSA) is 54.9 Å². The number of aromatic nitrogens is 2. The second-order valence-electron chi connectivity index (χ2n) is 4.22. The highest BCUT2D eigenvalue weighted by Gasteiger charge is 2.12. The van der Waals surface area contributed by atoms with Gasteiger partial charge in [-0.3, -0.25) is 4.79 Å². The number of amides is 1. The van der Waals surface area contributed by atoms with Gasteiger partial charge in [-0.25, -0.2) is 9.97 Å². The van der Waals surface area contributed by atoms with Crippen molar-refractivity contribution < 1.29 is 4.79 Å². The van der Waals surface area contributed by atoms with Crippen LogP contribution in [0.3, 0.4) is 0 Å². The number of carbonyl (C=O) groups excluding carboxylic acids is 1. The molecule has 0 radical (unpaired) electrons. The standard InChI is InChI=1S/C15H10BrN3OS/c16-11-6-7-13(17-8-11)19-14(20)12-9-21-15(18-12)10-4-2-1-3-5-10/h1-9H,(H,17,19,20). The minimum Gasteiger partial charge on any atom is -0.305 e. The van der Waals surface area contributed by atoms with E-state index in [1.54, 1.807) is 17.6 Å². The van der Waals surface area contributed by atoms with E-state index >= 15 is 0 Å². The van der Waals surface area contributed by atoms with Crippen LogP contribution in [0.1, 0.15) is 10.5 Å². The summed E-state index contributed by atoms with van der Waals surface area (Å²) in [7, 11) is 0. The highest BCUT2D eigenvalue weighted by Crippen LogP contribution is 2.23. The normalized spacial score (nSPS) is 10.3. The number of hydrogen-bond acceptors (Lipinski definition) is 4. The number of carbonyl (C=O) groups is 1. The van der Waals surface area contributed by atoms with E-state index in [-0.39, 0.29) is 5.91 Å². The summed E-state index contributed by atoms with van der Waals surface area (Å²) in [5, 5.41) is 5.29. The Morgan fingerprint density at radius 2 is 1.95 bits per heavy atom. The fourth-order valence-corrected chi connectivity index (χ4v) is 2.76. The van der Waals surface area contributed by atoms with Gasteiger partial charge in [0, 0.05) is 21.6 Å². The van der Waals surface area contributed by atoms with Crippen molar-refractivity contribution in [3.63, 3.8) is 0 Å². The molecule has 0 bridgehead atoms. The van der Waals surface area contributed by atoms with Crippen LogP contribution >= 0.6 is 27.3 Å². The monoisotopic (exact) mass is 359 g/mol. The Labute approximate surface area is 134 Å². The lowest BCUT2D eigenvalue weighted by Gasteiger charge is -2.01. The van der Waals surface area contributed by atoms with E-state index < -0.39 is 0 Å². The van der Waals surface area contributed by atoms with Gasteiger partial charge in [0.2, 0.25) is 0 Å². The summed E-state index contributed by atoms with van der Waals surface area (Å²) in [6.45, 7) is 0. The molecule has 0 aliphatic heterocycles. The average Bonchev–Trinajstić information content (AvgIpc) is 3.00. The molecule has 3 rings (SSSR count). The van der Waals surface area contributed by atoms with E-state index in [9.17, 15) is 4.79 Å². The maximum Gasteiger partial charge on any atom is 0.276 e. The molecule has 4 nitrogen and oxygen atoms in total. The first-order valence-corrected chi connectivity index (χ1v) is 7.83. The lowest BCUT2D eigenvalue weighted by molar-refractivity contribution is 0.102. The number of rotatable bonds is 3. The van der Waals surface area contributed by atoms with Gasteiger partial charge >= 0.3 is 0 Å². The maximum atomic E-state index is 12.1. The van der Waals surface area contributed by atoms with Gasteiger partial charge in [0.1, 0.15) is 16.5 Å². The van der Waals surface area contributed by atoms with Crippen LogP contribution in [0.25, 0.3) is 10.6 Å². The SMILES string of the molecule is O=C(Nc1ccc(Br)cn1)c1csc(-c2ccccc2)n1. The summed E-state index contributed by atoms with van der Waals surface area (Å²) in [5.74, 6) is 0.237. The van der Waals surface area contributed by atoms with Crippen LogP contribution in [-0.2, 0) is 0 Å². The second-order valence-corrected chi connectivity index (χ2v) is 5.99. The fourth-order valence-electron chi connectivity index (χ4n) is 1.72. The summed E-state index contributed by atoms with van der Waals surface area (Å²) in [5.41, 5.74) is 1.40. The summed E-state index contributed by atoms with van der Waals surface area (Å²) < 4.78 is 0.862. The van der Waals surface area contributed by atoms with Crippen molar-refractivity contribution in [3.8, 4) is 10.6 Å². The van der Waals surface area contributed by atoms with Gasteiger partial charge in [-0.2, -0.15) is 0 Å². The minimum atomic E-state index is -0.261. The number of nitrogens with one attached hydrogen (secondary N) is 1. The van der Waals surface area contributed by atoms with Crippen LogP contribution in [0.15, 0.2) is 58.5 Å². The van der Waals surface area contributed by atoms with Gasteiger partial charge in [0.05, 0.1) is 0 Å². The van der Waals surface area contributed by atoms with E-state index in [0.29, 0.717) is 11.5 Å². The van der Waals surface area contributed by atoms with E-state index in [2.05, 4.69) is 31.2 Å². The lowest BCUT2D eigenvalue weighted by atomic mass is 10.2. The van der Waals surface area contributed by atoms with Crippen molar-refractivity contribution in [3.05, 3.63) is 64.2 Å². The first-order chi connectivity index (χ1) is 10.2. The number of benzene rings is 1. The number of nitrogens with zero attached hydrogens (tertiary/aromatic N) is 2. The van der Waals surface area contributed by atoms with Gasteiger partial charge in [-0.15, -0.1) is 11.3 Å². The van der Waals surface area contributed by atoms with Gasteiger partial charge in [0.15, 0.2) is 0 Å². The van der Waals surface area contributed by atoms with Crippen molar-refractivity contribution in [2.45, 2.75) is 0 Å². The third kappa shape index (κ3) is 3.34. The minimum absolute atomic E-state index is 0.261. The maximum absolute atomic E-state index is 12.1. The Morgan fingerprint density at radius 3 is 2.67 bits per heavy atom. The van der Waals surface area contributed by atoms with Crippen LogP contribution in [0.2, 0.25) is 0 Å². The molecule has 0 atom stereocenters. The highest BCUT2D eigenvalue weighted by molar-refractivity contribution is 9.10. The predicted octanol–water partition coefficient (Wildman–Crippen LogP) is 4.22. The van der Waals surface area contributed by atoms with Gasteiger partial charge in [-0.1, -0.05) is 30.3 Å². The smallest absolute Gasteiger partial charge is 0.276 e. The molecular formula is C15H10BrN3OS. The molecule has 104 valence electrons.